The largest absolute Gasteiger partial charge is 0.508 e. The van der Waals surface area contributed by atoms with E-state index in [4.69, 9.17) is 28.3 Å². The highest BCUT2D eigenvalue weighted by Crippen LogP contribution is 2.28. The Hall–Kier alpha value is -1.71. The van der Waals surface area contributed by atoms with Crippen LogP contribution in [0, 0.1) is 0 Å². The van der Waals surface area contributed by atoms with Gasteiger partial charge in [-0.3, -0.25) is 4.79 Å². The first-order valence-corrected chi connectivity index (χ1v) is 5.76. The molecular formula is C13H8Cl2O3. The van der Waals surface area contributed by atoms with Crippen molar-refractivity contribution in [1.82, 2.24) is 0 Å². The maximum Gasteiger partial charge on any atom is 0.198 e. The number of halogens is 2. The summed E-state index contributed by atoms with van der Waals surface area (Å²) >= 11 is 11.7. The van der Waals surface area contributed by atoms with Gasteiger partial charge in [0.2, 0.25) is 0 Å². The lowest BCUT2D eigenvalue weighted by atomic mass is 10.0. The molecule has 0 aliphatic heterocycles. The van der Waals surface area contributed by atoms with Gasteiger partial charge >= 0.3 is 0 Å². The van der Waals surface area contributed by atoms with E-state index in [0.717, 1.165) is 6.07 Å². The molecule has 0 radical (unpaired) electrons. The number of hydrogen-bond acceptors (Lipinski definition) is 3. The van der Waals surface area contributed by atoms with Gasteiger partial charge in [0.15, 0.2) is 5.78 Å². The second-order valence-electron chi connectivity index (χ2n) is 3.65. The quantitative estimate of drug-likeness (QED) is 0.827. The molecule has 0 unspecified atom stereocenters. The maximum atomic E-state index is 12.1. The van der Waals surface area contributed by atoms with Gasteiger partial charge in [0.05, 0.1) is 10.6 Å². The molecule has 3 nitrogen and oxygen atoms in total. The zero-order valence-corrected chi connectivity index (χ0v) is 10.5. The lowest BCUT2D eigenvalue weighted by Crippen LogP contribution is -2.02. The molecule has 2 aromatic carbocycles. The van der Waals surface area contributed by atoms with Crippen LogP contribution in [0.1, 0.15) is 15.9 Å². The van der Waals surface area contributed by atoms with Crippen LogP contribution in [0.15, 0.2) is 36.4 Å². The molecule has 0 bridgehead atoms. The lowest BCUT2D eigenvalue weighted by molar-refractivity contribution is 0.103. The number of rotatable bonds is 2. The lowest BCUT2D eigenvalue weighted by Gasteiger charge is -2.06. The van der Waals surface area contributed by atoms with Crippen LogP contribution in [0.25, 0.3) is 0 Å². The highest BCUT2D eigenvalue weighted by Gasteiger charge is 2.16. The molecule has 0 aliphatic carbocycles. The second-order valence-corrected chi connectivity index (χ2v) is 4.50. The first-order valence-electron chi connectivity index (χ1n) is 5.01. The summed E-state index contributed by atoms with van der Waals surface area (Å²) in [6.45, 7) is 0. The first kappa shape index (κ1) is 12.7. The molecular weight excluding hydrogens is 275 g/mol. The molecule has 0 aliphatic rings. The van der Waals surface area contributed by atoms with E-state index in [1.807, 2.05) is 0 Å². The van der Waals surface area contributed by atoms with Gasteiger partial charge in [0, 0.05) is 16.7 Å². The van der Waals surface area contributed by atoms with E-state index < -0.39 is 5.78 Å². The molecule has 0 fully saturated rings. The normalized spacial score (nSPS) is 10.3. The van der Waals surface area contributed by atoms with E-state index in [2.05, 4.69) is 0 Å². The van der Waals surface area contributed by atoms with Crippen LogP contribution in [0.3, 0.4) is 0 Å². The number of phenols is 2. The third-order valence-corrected chi connectivity index (χ3v) is 2.95. The van der Waals surface area contributed by atoms with Gasteiger partial charge < -0.3 is 10.2 Å². The fourth-order valence-corrected chi connectivity index (χ4v) is 2.03. The Morgan fingerprint density at radius 2 is 1.61 bits per heavy atom. The Morgan fingerprint density at radius 1 is 0.944 bits per heavy atom. The highest BCUT2D eigenvalue weighted by atomic mass is 35.5. The Balaban J connectivity index is 2.48. The summed E-state index contributed by atoms with van der Waals surface area (Å²) in [4.78, 5) is 12.1. The average molecular weight is 283 g/mol. The molecule has 0 atom stereocenters. The summed E-state index contributed by atoms with van der Waals surface area (Å²) < 4.78 is 0. The topological polar surface area (TPSA) is 57.5 Å². The monoisotopic (exact) mass is 282 g/mol. The second kappa shape index (κ2) is 4.88. The van der Waals surface area contributed by atoms with Crippen LogP contribution < -0.4 is 0 Å². The zero-order valence-electron chi connectivity index (χ0n) is 9.02. The predicted molar refractivity (Wildman–Crippen MR) is 69.7 cm³/mol. The number of carbonyl (C=O) groups is 1. The summed E-state index contributed by atoms with van der Waals surface area (Å²) in [6, 6.07) is 8.22. The molecule has 0 saturated carbocycles. The number of aromatic hydroxyl groups is 2. The van der Waals surface area contributed by atoms with Gasteiger partial charge in [-0.15, -0.1) is 0 Å². The Kier molecular flexibility index (Phi) is 3.45. The first-order chi connectivity index (χ1) is 8.49. The average Bonchev–Trinajstić information content (AvgIpc) is 2.28. The fourth-order valence-electron chi connectivity index (χ4n) is 1.53. The molecule has 0 aromatic heterocycles. The van der Waals surface area contributed by atoms with Gasteiger partial charge in [-0.1, -0.05) is 23.2 Å². The summed E-state index contributed by atoms with van der Waals surface area (Å²) in [5, 5.41) is 19.4. The van der Waals surface area contributed by atoms with Crippen molar-refractivity contribution in [2.75, 3.05) is 0 Å². The Bertz CT molecular complexity index is 570. The number of ketones is 1. The van der Waals surface area contributed by atoms with Crippen LogP contribution in [-0.4, -0.2) is 16.0 Å². The third-order valence-electron chi connectivity index (χ3n) is 2.40. The summed E-state index contributed by atoms with van der Waals surface area (Å²) in [6.07, 6.45) is 0. The highest BCUT2D eigenvalue weighted by molar-refractivity contribution is 6.37. The molecule has 5 heteroatoms. The molecule has 2 N–H and O–H groups in total. The van der Waals surface area contributed by atoms with E-state index in [9.17, 15) is 9.90 Å². The van der Waals surface area contributed by atoms with E-state index in [-0.39, 0.29) is 27.6 Å². The summed E-state index contributed by atoms with van der Waals surface area (Å²) in [5.41, 5.74) is 0.305. The number of carbonyl (C=O) groups excluding carboxylic acids is 1. The van der Waals surface area contributed by atoms with Crippen molar-refractivity contribution in [3.63, 3.8) is 0 Å². The molecule has 2 rings (SSSR count). The van der Waals surface area contributed by atoms with E-state index >= 15 is 0 Å². The van der Waals surface area contributed by atoms with Crippen molar-refractivity contribution in [1.29, 1.82) is 0 Å². The molecule has 18 heavy (non-hydrogen) atoms. The standard InChI is InChI=1S/C13H8Cl2O3/c14-7-1-3-9(11(15)5-7)13(18)10-4-2-8(16)6-12(10)17/h1-6,16-17H. The number of phenolic OH excluding ortho intramolecular Hbond substituents is 2. The van der Waals surface area contributed by atoms with E-state index in [1.165, 1.54) is 30.3 Å². The van der Waals surface area contributed by atoms with Gasteiger partial charge in [-0.2, -0.15) is 0 Å². The van der Waals surface area contributed by atoms with Crippen molar-refractivity contribution in [3.05, 3.63) is 57.6 Å². The number of benzene rings is 2. The maximum absolute atomic E-state index is 12.1. The van der Waals surface area contributed by atoms with Gasteiger partial charge in [-0.05, 0) is 30.3 Å². The SMILES string of the molecule is O=C(c1ccc(O)cc1O)c1ccc(Cl)cc1Cl. The van der Waals surface area contributed by atoms with Crippen LogP contribution in [0.2, 0.25) is 10.0 Å². The van der Waals surface area contributed by atoms with Crippen LogP contribution in [0.5, 0.6) is 11.5 Å². The summed E-state index contributed by atoms with van der Waals surface area (Å²) in [5.74, 6) is -0.855. The molecule has 0 saturated heterocycles. The predicted octanol–water partition coefficient (Wildman–Crippen LogP) is 3.64. The van der Waals surface area contributed by atoms with E-state index in [1.54, 1.807) is 0 Å². The molecule has 2 aromatic rings. The zero-order chi connectivity index (χ0) is 13.3. The van der Waals surface area contributed by atoms with Crippen molar-refractivity contribution in [3.8, 4) is 11.5 Å². The molecule has 92 valence electrons. The minimum Gasteiger partial charge on any atom is -0.508 e. The van der Waals surface area contributed by atoms with Crippen molar-refractivity contribution < 1.29 is 15.0 Å². The molecule has 0 spiro atoms. The van der Waals surface area contributed by atoms with Crippen molar-refractivity contribution in [2.45, 2.75) is 0 Å². The Labute approximate surface area is 113 Å². The molecule has 0 heterocycles. The van der Waals surface area contributed by atoms with Gasteiger partial charge in [0.1, 0.15) is 11.5 Å². The molecule has 0 amide bonds. The van der Waals surface area contributed by atoms with Gasteiger partial charge in [0.25, 0.3) is 0 Å². The van der Waals surface area contributed by atoms with E-state index in [0.29, 0.717) is 5.02 Å². The minimum absolute atomic E-state index is 0.0667. The third kappa shape index (κ3) is 2.42. The van der Waals surface area contributed by atoms with Crippen molar-refractivity contribution in [2.24, 2.45) is 0 Å². The van der Waals surface area contributed by atoms with Crippen LogP contribution in [-0.2, 0) is 0 Å². The summed E-state index contributed by atoms with van der Waals surface area (Å²) in [7, 11) is 0. The smallest absolute Gasteiger partial charge is 0.198 e. The number of hydrogen-bond donors (Lipinski definition) is 2. The van der Waals surface area contributed by atoms with Crippen LogP contribution in [0.4, 0.5) is 0 Å². The van der Waals surface area contributed by atoms with Gasteiger partial charge in [-0.25, -0.2) is 0 Å². The minimum atomic E-state index is -0.436. The fraction of sp³-hybridized carbons (Fsp3) is 0. The van der Waals surface area contributed by atoms with Crippen molar-refractivity contribution >= 4 is 29.0 Å². The Morgan fingerprint density at radius 3 is 2.22 bits per heavy atom. The van der Waals surface area contributed by atoms with Crippen LogP contribution >= 0.6 is 23.2 Å².